The van der Waals surface area contributed by atoms with E-state index < -0.39 is 0 Å². The monoisotopic (exact) mass is 504 g/mol. The number of benzene rings is 1. The van der Waals surface area contributed by atoms with Gasteiger partial charge in [0, 0.05) is 18.5 Å². The van der Waals surface area contributed by atoms with Gasteiger partial charge in [-0.05, 0) is 18.1 Å². The molecular weight excluding hydrogens is 479 g/mol. The molecule has 2 N–H and O–H groups in total. The van der Waals surface area contributed by atoms with Crippen molar-refractivity contribution in [1.82, 2.24) is 15.6 Å². The molecule has 2 aromatic rings. The summed E-state index contributed by atoms with van der Waals surface area (Å²) in [5, 5.41) is 9.65. The molecule has 0 radical (unpaired) electrons. The fourth-order valence-corrected chi connectivity index (χ4v) is 3.25. The van der Waals surface area contributed by atoms with Crippen LogP contribution in [0.4, 0.5) is 0 Å². The molecule has 0 atom stereocenters. The number of fused-ring (bicyclic) bond motifs is 1. The minimum atomic E-state index is 0. The number of ether oxygens (including phenoxy) is 3. The van der Waals surface area contributed by atoms with Crippen LogP contribution in [-0.4, -0.2) is 37.9 Å². The third-order valence-electron chi connectivity index (χ3n) is 3.80. The first-order valence-electron chi connectivity index (χ1n) is 8.57. The standard InChI is InChI=1S/C18H24N4O3S.HI/c1-12(2)14-10-26-17(22-14)9-21-18(19-3)20-6-7-23-13-4-5-15-16(8-13)25-11-24-15;/h4-5,8,10,12H,6-7,9,11H2,1-3H3,(H2,19,20,21);1H. The van der Waals surface area contributed by atoms with Gasteiger partial charge in [-0.25, -0.2) is 4.98 Å². The Balaban J connectivity index is 0.00000261. The highest BCUT2D eigenvalue weighted by Crippen LogP contribution is 2.34. The lowest BCUT2D eigenvalue weighted by Gasteiger charge is -2.12. The summed E-state index contributed by atoms with van der Waals surface area (Å²) in [4.78, 5) is 8.82. The first-order valence-corrected chi connectivity index (χ1v) is 9.45. The lowest BCUT2D eigenvalue weighted by Crippen LogP contribution is -2.38. The zero-order chi connectivity index (χ0) is 18.4. The predicted molar refractivity (Wildman–Crippen MR) is 118 cm³/mol. The molecule has 0 saturated carbocycles. The molecule has 1 aromatic carbocycles. The fraction of sp³-hybridized carbons (Fsp3) is 0.444. The highest BCUT2D eigenvalue weighted by atomic mass is 127. The summed E-state index contributed by atoms with van der Waals surface area (Å²) in [7, 11) is 1.75. The quantitative estimate of drug-likeness (QED) is 0.261. The van der Waals surface area contributed by atoms with Gasteiger partial charge >= 0.3 is 0 Å². The van der Waals surface area contributed by atoms with Crippen LogP contribution in [0.15, 0.2) is 28.6 Å². The second kappa shape index (κ2) is 10.5. The summed E-state index contributed by atoms with van der Waals surface area (Å²) < 4.78 is 16.4. The Kier molecular flexibility index (Phi) is 8.42. The molecule has 2 heterocycles. The maximum atomic E-state index is 5.73. The number of hydrogen-bond donors (Lipinski definition) is 2. The molecule has 1 aromatic heterocycles. The first kappa shape index (κ1) is 21.5. The molecule has 0 aliphatic carbocycles. The Bertz CT molecular complexity index is 767. The fourth-order valence-electron chi connectivity index (χ4n) is 2.36. The second-order valence-corrected chi connectivity index (χ2v) is 6.98. The maximum Gasteiger partial charge on any atom is 0.231 e. The van der Waals surface area contributed by atoms with Crippen molar-refractivity contribution in [2.24, 2.45) is 4.99 Å². The number of nitrogens with zero attached hydrogens (tertiary/aromatic N) is 2. The number of guanidine groups is 1. The van der Waals surface area contributed by atoms with Crippen LogP contribution in [0.2, 0.25) is 0 Å². The van der Waals surface area contributed by atoms with E-state index in [0.717, 1.165) is 33.9 Å². The molecule has 0 saturated heterocycles. The van der Waals surface area contributed by atoms with Crippen molar-refractivity contribution in [3.8, 4) is 17.2 Å². The van der Waals surface area contributed by atoms with Crippen molar-refractivity contribution in [2.75, 3.05) is 27.0 Å². The van der Waals surface area contributed by atoms with E-state index in [-0.39, 0.29) is 30.8 Å². The van der Waals surface area contributed by atoms with Crippen molar-refractivity contribution in [1.29, 1.82) is 0 Å². The van der Waals surface area contributed by atoms with Gasteiger partial charge in [-0.15, -0.1) is 35.3 Å². The SMILES string of the molecule is CN=C(NCCOc1ccc2c(c1)OCO2)NCc1nc(C(C)C)cs1.I. The Morgan fingerprint density at radius 2 is 2.11 bits per heavy atom. The Morgan fingerprint density at radius 3 is 2.85 bits per heavy atom. The van der Waals surface area contributed by atoms with E-state index in [1.165, 1.54) is 0 Å². The van der Waals surface area contributed by atoms with Gasteiger partial charge in [-0.1, -0.05) is 13.8 Å². The highest BCUT2D eigenvalue weighted by Gasteiger charge is 2.13. The molecule has 0 fully saturated rings. The number of aromatic nitrogens is 1. The number of hydrogen-bond acceptors (Lipinski definition) is 6. The number of aliphatic imine (C=N–C) groups is 1. The largest absolute Gasteiger partial charge is 0.492 e. The van der Waals surface area contributed by atoms with E-state index in [0.29, 0.717) is 25.6 Å². The molecule has 1 aliphatic heterocycles. The third kappa shape index (κ3) is 6.13. The van der Waals surface area contributed by atoms with Gasteiger partial charge in [0.2, 0.25) is 6.79 Å². The molecule has 9 heteroatoms. The molecule has 0 amide bonds. The van der Waals surface area contributed by atoms with Crippen LogP contribution in [0.3, 0.4) is 0 Å². The van der Waals surface area contributed by atoms with E-state index in [2.05, 4.69) is 39.8 Å². The smallest absolute Gasteiger partial charge is 0.231 e. The zero-order valence-corrected chi connectivity index (χ0v) is 18.8. The van der Waals surface area contributed by atoms with Crippen LogP contribution in [0.25, 0.3) is 0 Å². The molecule has 148 valence electrons. The summed E-state index contributed by atoms with van der Waals surface area (Å²) in [6.45, 7) is 6.35. The van der Waals surface area contributed by atoms with Crippen LogP contribution in [0.5, 0.6) is 17.2 Å². The third-order valence-corrected chi connectivity index (χ3v) is 4.67. The van der Waals surface area contributed by atoms with Gasteiger partial charge in [0.05, 0.1) is 18.8 Å². The number of rotatable bonds is 7. The van der Waals surface area contributed by atoms with Crippen molar-refractivity contribution in [2.45, 2.75) is 26.3 Å². The normalized spacial score (nSPS) is 12.7. The molecule has 1 aliphatic rings. The van der Waals surface area contributed by atoms with E-state index in [1.54, 1.807) is 18.4 Å². The van der Waals surface area contributed by atoms with Crippen LogP contribution in [0.1, 0.15) is 30.5 Å². The molecule has 3 rings (SSSR count). The average Bonchev–Trinajstić information content (AvgIpc) is 3.30. The van der Waals surface area contributed by atoms with Crippen LogP contribution in [-0.2, 0) is 6.54 Å². The molecule has 0 unspecified atom stereocenters. The molecule has 0 spiro atoms. The Labute approximate surface area is 180 Å². The summed E-state index contributed by atoms with van der Waals surface area (Å²) >= 11 is 1.66. The van der Waals surface area contributed by atoms with E-state index in [1.807, 2.05) is 18.2 Å². The van der Waals surface area contributed by atoms with E-state index >= 15 is 0 Å². The maximum absolute atomic E-state index is 5.73. The van der Waals surface area contributed by atoms with Gasteiger partial charge < -0.3 is 24.8 Å². The summed E-state index contributed by atoms with van der Waals surface area (Å²) in [6, 6.07) is 5.56. The van der Waals surface area contributed by atoms with Crippen LogP contribution >= 0.6 is 35.3 Å². The molecule has 0 bridgehead atoms. The van der Waals surface area contributed by atoms with Crippen LogP contribution < -0.4 is 24.8 Å². The summed E-state index contributed by atoms with van der Waals surface area (Å²) in [5.74, 6) is 3.40. The number of thiazole rings is 1. The number of halogens is 1. The van der Waals surface area contributed by atoms with Crippen molar-refractivity contribution in [3.05, 3.63) is 34.3 Å². The van der Waals surface area contributed by atoms with Gasteiger partial charge in [-0.2, -0.15) is 0 Å². The van der Waals surface area contributed by atoms with Crippen molar-refractivity contribution < 1.29 is 14.2 Å². The van der Waals surface area contributed by atoms with E-state index in [9.17, 15) is 0 Å². The van der Waals surface area contributed by atoms with Gasteiger partial charge in [0.25, 0.3) is 0 Å². The molecular formula is C18H25IN4O3S. The second-order valence-electron chi connectivity index (χ2n) is 6.04. The summed E-state index contributed by atoms with van der Waals surface area (Å²) in [5.41, 5.74) is 1.13. The van der Waals surface area contributed by atoms with Crippen molar-refractivity contribution >= 4 is 41.3 Å². The highest BCUT2D eigenvalue weighted by molar-refractivity contribution is 14.0. The Hall–Kier alpha value is -1.75. The molecule has 7 nitrogen and oxygen atoms in total. The Morgan fingerprint density at radius 1 is 1.30 bits per heavy atom. The first-order chi connectivity index (χ1) is 12.7. The lowest BCUT2D eigenvalue weighted by molar-refractivity contribution is 0.173. The minimum absolute atomic E-state index is 0. The average molecular weight is 504 g/mol. The number of nitrogens with one attached hydrogen (secondary N) is 2. The summed E-state index contributed by atoms with van der Waals surface area (Å²) in [6.07, 6.45) is 0. The topological polar surface area (TPSA) is 77.0 Å². The van der Waals surface area contributed by atoms with Gasteiger partial charge in [0.15, 0.2) is 17.5 Å². The van der Waals surface area contributed by atoms with Crippen molar-refractivity contribution in [3.63, 3.8) is 0 Å². The predicted octanol–water partition coefficient (Wildman–Crippen LogP) is 3.36. The van der Waals surface area contributed by atoms with Gasteiger partial charge in [-0.3, -0.25) is 4.99 Å². The minimum Gasteiger partial charge on any atom is -0.492 e. The van der Waals surface area contributed by atoms with E-state index in [4.69, 9.17) is 14.2 Å². The molecule has 27 heavy (non-hydrogen) atoms. The van der Waals surface area contributed by atoms with Gasteiger partial charge in [0.1, 0.15) is 17.4 Å². The van der Waals surface area contributed by atoms with Crippen LogP contribution in [0, 0.1) is 0 Å². The zero-order valence-electron chi connectivity index (χ0n) is 15.7. The lowest BCUT2D eigenvalue weighted by atomic mass is 10.2.